The minimum Gasteiger partial charge on any atom is -0.354 e. The van der Waals surface area contributed by atoms with Crippen LogP contribution in [-0.4, -0.2) is 58.8 Å². The number of nitrogens with zero attached hydrogens (tertiary/aromatic N) is 6. The molecule has 29 heavy (non-hydrogen) atoms. The van der Waals surface area contributed by atoms with E-state index in [1.807, 2.05) is 31.2 Å². The van der Waals surface area contributed by atoms with Crippen LogP contribution in [0.15, 0.2) is 59.9 Å². The Balaban J connectivity index is 1.54. The molecule has 150 valence electrons. The van der Waals surface area contributed by atoms with Gasteiger partial charge in [-0.05, 0) is 30.7 Å². The third-order valence-corrected chi connectivity index (χ3v) is 6.74. The van der Waals surface area contributed by atoms with Crippen molar-refractivity contribution in [2.75, 3.05) is 31.1 Å². The fourth-order valence-corrected chi connectivity index (χ4v) is 4.63. The van der Waals surface area contributed by atoms with Gasteiger partial charge in [-0.3, -0.25) is 9.97 Å². The first kappa shape index (κ1) is 19.4. The van der Waals surface area contributed by atoms with Gasteiger partial charge in [-0.15, -0.1) is 0 Å². The van der Waals surface area contributed by atoms with E-state index in [2.05, 4.69) is 19.9 Å². The highest BCUT2D eigenvalue weighted by Gasteiger charge is 2.29. The van der Waals surface area contributed by atoms with Gasteiger partial charge in [-0.1, -0.05) is 13.0 Å². The molecule has 1 saturated heterocycles. The van der Waals surface area contributed by atoms with Crippen LogP contribution in [0.4, 0.5) is 5.82 Å². The number of hydrogen-bond acceptors (Lipinski definition) is 7. The molecule has 0 radical (unpaired) electrons. The Labute approximate surface area is 170 Å². The Morgan fingerprint density at radius 1 is 1.00 bits per heavy atom. The number of hydrogen-bond donors (Lipinski definition) is 0. The van der Waals surface area contributed by atoms with Crippen LogP contribution in [0.1, 0.15) is 12.6 Å². The Hall–Kier alpha value is -2.91. The maximum absolute atomic E-state index is 12.8. The molecule has 0 atom stereocenters. The van der Waals surface area contributed by atoms with Crippen LogP contribution in [0.2, 0.25) is 0 Å². The maximum atomic E-state index is 12.8. The summed E-state index contributed by atoms with van der Waals surface area (Å²) < 4.78 is 27.1. The zero-order chi connectivity index (χ0) is 20.3. The van der Waals surface area contributed by atoms with E-state index in [0.717, 1.165) is 23.6 Å². The minimum atomic E-state index is -3.53. The number of piperazine rings is 1. The standard InChI is InChI=1S/C20H22N6O2S/c1-2-16-14-19(24-20(23-16)18-7-3-4-9-22-18)25-10-12-26(13-11-25)29(27,28)17-6-5-8-21-15-17/h3-9,14-15H,2,10-13H2,1H3. The molecule has 0 unspecified atom stereocenters. The van der Waals surface area contributed by atoms with Crippen LogP contribution in [0.5, 0.6) is 0 Å². The summed E-state index contributed by atoms with van der Waals surface area (Å²) in [5.41, 5.74) is 1.66. The lowest BCUT2D eigenvalue weighted by Crippen LogP contribution is -2.49. The van der Waals surface area contributed by atoms with Crippen molar-refractivity contribution in [2.45, 2.75) is 18.2 Å². The van der Waals surface area contributed by atoms with Gasteiger partial charge in [0.15, 0.2) is 5.82 Å². The van der Waals surface area contributed by atoms with Crippen molar-refractivity contribution >= 4 is 15.8 Å². The molecule has 0 aliphatic carbocycles. The second-order valence-corrected chi connectivity index (χ2v) is 8.63. The van der Waals surface area contributed by atoms with Gasteiger partial charge < -0.3 is 4.90 Å². The van der Waals surface area contributed by atoms with E-state index in [1.165, 1.54) is 10.5 Å². The third kappa shape index (κ3) is 4.10. The SMILES string of the molecule is CCc1cc(N2CCN(S(=O)(=O)c3cccnc3)CC2)nc(-c2ccccn2)n1. The molecule has 0 aromatic carbocycles. The zero-order valence-corrected chi connectivity index (χ0v) is 17.0. The number of pyridine rings is 2. The molecule has 4 rings (SSSR count). The Morgan fingerprint density at radius 3 is 2.48 bits per heavy atom. The summed E-state index contributed by atoms with van der Waals surface area (Å²) in [5.74, 6) is 1.39. The van der Waals surface area contributed by atoms with Gasteiger partial charge in [0.05, 0.1) is 0 Å². The summed E-state index contributed by atoms with van der Waals surface area (Å²) in [6.07, 6.45) is 5.46. The first-order valence-electron chi connectivity index (χ1n) is 9.52. The molecule has 0 amide bonds. The number of aromatic nitrogens is 4. The van der Waals surface area contributed by atoms with Crippen molar-refractivity contribution in [2.24, 2.45) is 0 Å². The molecule has 1 aliphatic rings. The second kappa shape index (κ2) is 8.22. The lowest BCUT2D eigenvalue weighted by Gasteiger charge is -2.34. The minimum absolute atomic E-state index is 0.223. The van der Waals surface area contributed by atoms with E-state index in [1.54, 1.807) is 24.5 Å². The molecule has 1 fully saturated rings. The largest absolute Gasteiger partial charge is 0.354 e. The molecule has 0 bridgehead atoms. The Kier molecular flexibility index (Phi) is 5.50. The summed E-state index contributed by atoms with van der Waals surface area (Å²) in [6, 6.07) is 10.8. The molecule has 0 spiro atoms. The predicted octanol–water partition coefficient (Wildman–Crippen LogP) is 2.01. The van der Waals surface area contributed by atoms with Crippen LogP contribution in [0.25, 0.3) is 11.5 Å². The summed E-state index contributed by atoms with van der Waals surface area (Å²) in [5, 5.41) is 0. The van der Waals surface area contributed by atoms with Crippen molar-refractivity contribution in [3.63, 3.8) is 0 Å². The van der Waals surface area contributed by atoms with Gasteiger partial charge in [0.1, 0.15) is 16.4 Å². The van der Waals surface area contributed by atoms with E-state index in [-0.39, 0.29) is 4.90 Å². The van der Waals surface area contributed by atoms with Crippen molar-refractivity contribution in [3.8, 4) is 11.5 Å². The monoisotopic (exact) mass is 410 g/mol. The first-order chi connectivity index (χ1) is 14.1. The zero-order valence-electron chi connectivity index (χ0n) is 16.1. The van der Waals surface area contributed by atoms with Crippen molar-refractivity contribution in [1.29, 1.82) is 0 Å². The average molecular weight is 411 g/mol. The molecule has 3 aromatic heterocycles. The van der Waals surface area contributed by atoms with Crippen LogP contribution in [0.3, 0.4) is 0 Å². The smallest absolute Gasteiger partial charge is 0.244 e. The normalized spacial score (nSPS) is 15.4. The van der Waals surface area contributed by atoms with Gasteiger partial charge in [0.2, 0.25) is 10.0 Å². The van der Waals surface area contributed by atoms with E-state index in [4.69, 9.17) is 4.98 Å². The summed E-state index contributed by atoms with van der Waals surface area (Å²) >= 11 is 0. The van der Waals surface area contributed by atoms with E-state index < -0.39 is 10.0 Å². The molecular formula is C20H22N6O2S. The third-order valence-electron chi connectivity index (χ3n) is 4.86. The Bertz CT molecular complexity index is 1070. The van der Waals surface area contributed by atoms with Crippen LogP contribution < -0.4 is 4.90 Å². The molecule has 1 aliphatic heterocycles. The highest BCUT2D eigenvalue weighted by atomic mass is 32.2. The van der Waals surface area contributed by atoms with E-state index >= 15 is 0 Å². The molecule has 8 nitrogen and oxygen atoms in total. The van der Waals surface area contributed by atoms with Gasteiger partial charge in [-0.25, -0.2) is 18.4 Å². The van der Waals surface area contributed by atoms with E-state index in [9.17, 15) is 8.42 Å². The number of rotatable bonds is 5. The topological polar surface area (TPSA) is 92.2 Å². The van der Waals surface area contributed by atoms with Gasteiger partial charge in [0.25, 0.3) is 0 Å². The molecule has 4 heterocycles. The molecule has 0 N–H and O–H groups in total. The lowest BCUT2D eigenvalue weighted by molar-refractivity contribution is 0.383. The summed E-state index contributed by atoms with van der Waals surface area (Å²) in [7, 11) is -3.53. The Morgan fingerprint density at radius 2 is 1.83 bits per heavy atom. The average Bonchev–Trinajstić information content (AvgIpc) is 2.80. The van der Waals surface area contributed by atoms with Crippen molar-refractivity contribution < 1.29 is 8.42 Å². The van der Waals surface area contributed by atoms with E-state index in [0.29, 0.717) is 32.0 Å². The highest BCUT2D eigenvalue weighted by Crippen LogP contribution is 2.22. The quantitative estimate of drug-likeness (QED) is 0.635. The van der Waals surface area contributed by atoms with Crippen LogP contribution >= 0.6 is 0 Å². The van der Waals surface area contributed by atoms with Gasteiger partial charge >= 0.3 is 0 Å². The second-order valence-electron chi connectivity index (χ2n) is 6.69. The van der Waals surface area contributed by atoms with Gasteiger partial charge in [0, 0.05) is 56.5 Å². The maximum Gasteiger partial charge on any atom is 0.244 e. The fraction of sp³-hybridized carbons (Fsp3) is 0.300. The molecule has 0 saturated carbocycles. The summed E-state index contributed by atoms with van der Waals surface area (Å²) in [4.78, 5) is 19.9. The molecular weight excluding hydrogens is 388 g/mol. The number of aryl methyl sites for hydroxylation is 1. The van der Waals surface area contributed by atoms with Gasteiger partial charge in [-0.2, -0.15) is 4.31 Å². The molecule has 9 heteroatoms. The van der Waals surface area contributed by atoms with Crippen LogP contribution in [0, 0.1) is 0 Å². The fourth-order valence-electron chi connectivity index (χ4n) is 3.24. The van der Waals surface area contributed by atoms with Crippen molar-refractivity contribution in [1.82, 2.24) is 24.2 Å². The highest BCUT2D eigenvalue weighted by molar-refractivity contribution is 7.89. The van der Waals surface area contributed by atoms with Crippen LogP contribution in [-0.2, 0) is 16.4 Å². The lowest BCUT2D eigenvalue weighted by atomic mass is 10.2. The summed E-state index contributed by atoms with van der Waals surface area (Å²) in [6.45, 7) is 3.94. The predicted molar refractivity (Wildman–Crippen MR) is 110 cm³/mol. The number of sulfonamides is 1. The van der Waals surface area contributed by atoms with Crippen molar-refractivity contribution in [3.05, 3.63) is 60.7 Å². The first-order valence-corrected chi connectivity index (χ1v) is 11.0. The molecule has 3 aromatic rings. The number of anilines is 1.